The third kappa shape index (κ3) is 6.52. The van der Waals surface area contributed by atoms with Gasteiger partial charge < -0.3 is 9.47 Å². The van der Waals surface area contributed by atoms with Crippen molar-refractivity contribution >= 4 is 11.9 Å². The molecule has 0 heterocycles. The van der Waals surface area contributed by atoms with E-state index >= 15 is 0 Å². The summed E-state index contributed by atoms with van der Waals surface area (Å²) in [6.45, 7) is 5.33. The van der Waals surface area contributed by atoms with Gasteiger partial charge in [-0.25, -0.2) is 4.79 Å². The number of hydrogen-bond donors (Lipinski definition) is 0. The Labute approximate surface area is 209 Å². The van der Waals surface area contributed by atoms with E-state index in [9.17, 15) is 62.3 Å². The van der Waals surface area contributed by atoms with Gasteiger partial charge in [0.2, 0.25) is 0 Å². The van der Waals surface area contributed by atoms with E-state index in [1.54, 1.807) is 0 Å². The van der Waals surface area contributed by atoms with Gasteiger partial charge in [0.1, 0.15) is 0 Å². The lowest BCUT2D eigenvalue weighted by Crippen LogP contribution is -2.64. The fraction of sp³-hybridized carbons (Fsp3) is 0.818. The summed E-state index contributed by atoms with van der Waals surface area (Å²) >= 11 is 0. The van der Waals surface area contributed by atoms with Crippen LogP contribution in [0.15, 0.2) is 12.2 Å². The summed E-state index contributed by atoms with van der Waals surface area (Å²) in [6, 6.07) is 0. The average Bonchev–Trinajstić information content (AvgIpc) is 2.68. The molecular weight excluding hydrogens is 556 g/mol. The molecule has 0 aromatic heterocycles. The first-order valence-electron chi connectivity index (χ1n) is 11.0. The lowest BCUT2D eigenvalue weighted by molar-refractivity contribution is -0.387. The first-order valence-corrected chi connectivity index (χ1v) is 11.0. The molecule has 0 N–H and O–H groups in total. The van der Waals surface area contributed by atoms with Crippen LogP contribution in [0.1, 0.15) is 59.8 Å². The first-order chi connectivity index (χ1) is 16.6. The molecule has 0 radical (unpaired) electrons. The summed E-state index contributed by atoms with van der Waals surface area (Å²) in [7, 11) is 0. The maximum Gasteiger partial charge on any atom is 0.437 e. The van der Waals surface area contributed by atoms with Crippen molar-refractivity contribution in [2.45, 2.75) is 95.7 Å². The van der Waals surface area contributed by atoms with E-state index in [2.05, 4.69) is 16.1 Å². The highest BCUT2D eigenvalue weighted by molar-refractivity contribution is 5.87. The van der Waals surface area contributed by atoms with Crippen molar-refractivity contribution in [1.29, 1.82) is 0 Å². The lowest BCUT2D eigenvalue weighted by Gasteiger charge is -2.45. The SMILES string of the molecule is C=C(C)C(=O)OC(C1CCC(CC(C)(C)C(=O)OC(C)(C(F)(F)F)C(F)(F)F)CC1)(C(F)(F)F)C(F)(F)F. The average molecular weight is 582 g/mol. The van der Waals surface area contributed by atoms with Crippen LogP contribution in [0.4, 0.5) is 52.7 Å². The fourth-order valence-electron chi connectivity index (χ4n) is 4.23. The molecule has 0 bridgehead atoms. The van der Waals surface area contributed by atoms with Gasteiger partial charge in [0, 0.05) is 11.5 Å². The van der Waals surface area contributed by atoms with Crippen molar-refractivity contribution in [3.63, 3.8) is 0 Å². The largest absolute Gasteiger partial charge is 0.439 e. The zero-order valence-electron chi connectivity index (χ0n) is 20.6. The Morgan fingerprint density at radius 3 is 1.42 bits per heavy atom. The highest BCUT2D eigenvalue weighted by atomic mass is 19.4. The Morgan fingerprint density at radius 2 is 1.11 bits per heavy atom. The van der Waals surface area contributed by atoms with Gasteiger partial charge in [-0.2, -0.15) is 52.7 Å². The van der Waals surface area contributed by atoms with E-state index < -0.39 is 103 Å². The van der Waals surface area contributed by atoms with Crippen LogP contribution in [0, 0.1) is 17.3 Å². The predicted molar refractivity (Wildman–Crippen MR) is 106 cm³/mol. The van der Waals surface area contributed by atoms with Crippen molar-refractivity contribution in [2.24, 2.45) is 17.3 Å². The van der Waals surface area contributed by atoms with Gasteiger partial charge in [-0.3, -0.25) is 4.79 Å². The summed E-state index contributed by atoms with van der Waals surface area (Å²) in [5.74, 6) is -7.01. The van der Waals surface area contributed by atoms with E-state index in [0.29, 0.717) is 0 Å². The molecule has 1 rings (SSSR count). The fourth-order valence-corrected chi connectivity index (χ4v) is 4.23. The smallest absolute Gasteiger partial charge is 0.437 e. The molecule has 0 aromatic rings. The number of carbonyl (C=O) groups excluding carboxylic acids is 2. The maximum absolute atomic E-state index is 13.8. The molecule has 4 nitrogen and oxygen atoms in total. The summed E-state index contributed by atoms with van der Waals surface area (Å²) < 4.78 is 169. The number of ether oxygens (including phenoxy) is 2. The van der Waals surface area contributed by atoms with Crippen LogP contribution in [0.5, 0.6) is 0 Å². The highest BCUT2D eigenvalue weighted by Crippen LogP contribution is 2.55. The first kappa shape index (κ1) is 33.9. The normalized spacial score (nSPS) is 20.6. The van der Waals surface area contributed by atoms with Crippen molar-refractivity contribution in [2.75, 3.05) is 0 Å². The zero-order valence-corrected chi connectivity index (χ0v) is 20.6. The molecule has 0 aromatic carbocycles. The molecular formula is C22H26F12O4. The zero-order chi connectivity index (χ0) is 30.3. The monoisotopic (exact) mass is 582 g/mol. The molecule has 0 atom stereocenters. The number of alkyl halides is 12. The Morgan fingerprint density at radius 1 is 0.711 bits per heavy atom. The van der Waals surface area contributed by atoms with Crippen molar-refractivity contribution in [3.05, 3.63) is 12.2 Å². The number of rotatable bonds is 7. The Balaban J connectivity index is 3.16. The van der Waals surface area contributed by atoms with Crippen molar-refractivity contribution in [1.82, 2.24) is 0 Å². The van der Waals surface area contributed by atoms with Gasteiger partial charge in [-0.05, 0) is 65.7 Å². The van der Waals surface area contributed by atoms with Gasteiger partial charge in [0.25, 0.3) is 5.60 Å². The van der Waals surface area contributed by atoms with Gasteiger partial charge in [-0.1, -0.05) is 6.58 Å². The second-order valence-corrected chi connectivity index (χ2v) is 10.1. The summed E-state index contributed by atoms with van der Waals surface area (Å²) in [5, 5.41) is 0. The third-order valence-corrected chi connectivity index (χ3v) is 6.60. The number of esters is 2. The van der Waals surface area contributed by atoms with E-state index in [-0.39, 0.29) is 6.92 Å². The summed E-state index contributed by atoms with van der Waals surface area (Å²) in [4.78, 5) is 24.1. The van der Waals surface area contributed by atoms with E-state index in [1.165, 1.54) is 0 Å². The number of hydrogen-bond acceptors (Lipinski definition) is 4. The van der Waals surface area contributed by atoms with Gasteiger partial charge in [-0.15, -0.1) is 0 Å². The minimum atomic E-state index is -6.09. The molecule has 0 aliphatic heterocycles. The lowest BCUT2D eigenvalue weighted by atomic mass is 9.69. The van der Waals surface area contributed by atoms with Crippen LogP contribution in [-0.4, -0.2) is 47.8 Å². The molecule has 16 heteroatoms. The molecule has 38 heavy (non-hydrogen) atoms. The molecule has 1 fully saturated rings. The van der Waals surface area contributed by atoms with Crippen LogP contribution in [0.2, 0.25) is 0 Å². The topological polar surface area (TPSA) is 52.6 Å². The summed E-state index contributed by atoms with van der Waals surface area (Å²) in [6.07, 6.45) is -27.3. The molecule has 0 unspecified atom stereocenters. The number of halogens is 12. The van der Waals surface area contributed by atoms with Crippen LogP contribution in [-0.2, 0) is 19.1 Å². The second kappa shape index (κ2) is 10.4. The minimum Gasteiger partial charge on any atom is -0.439 e. The van der Waals surface area contributed by atoms with Gasteiger partial charge in [0.15, 0.2) is 0 Å². The van der Waals surface area contributed by atoms with E-state index in [1.807, 2.05) is 0 Å². The van der Waals surface area contributed by atoms with Crippen LogP contribution in [0.3, 0.4) is 0 Å². The molecule has 1 aliphatic rings. The predicted octanol–water partition coefficient (Wildman–Crippen LogP) is 7.62. The van der Waals surface area contributed by atoms with Gasteiger partial charge in [0.05, 0.1) is 5.41 Å². The standard InChI is InChI=1S/C22H26F12O4/c1-11(2)14(35)37-18(21(29,30)31,22(32,33)34)13-8-6-12(7-9-13)10-16(3,4)15(36)38-17(5,19(23,24)25)20(26,27)28/h12-13H,1,6-10H2,2-5H3. The van der Waals surface area contributed by atoms with Crippen LogP contribution in [0.25, 0.3) is 0 Å². The number of carbonyl (C=O) groups is 2. The van der Waals surface area contributed by atoms with Crippen molar-refractivity contribution in [3.8, 4) is 0 Å². The van der Waals surface area contributed by atoms with Crippen molar-refractivity contribution < 1.29 is 71.7 Å². The molecule has 0 saturated heterocycles. The van der Waals surface area contributed by atoms with Gasteiger partial charge >= 0.3 is 42.2 Å². The highest BCUT2D eigenvalue weighted by Gasteiger charge is 2.77. The molecule has 0 spiro atoms. The second-order valence-electron chi connectivity index (χ2n) is 10.1. The summed E-state index contributed by atoms with van der Waals surface area (Å²) in [5.41, 5.74) is -12.5. The Bertz CT molecular complexity index is 860. The quantitative estimate of drug-likeness (QED) is 0.176. The minimum absolute atomic E-state index is 0.383. The Kier molecular flexibility index (Phi) is 9.30. The Hall–Kier alpha value is -2.16. The van der Waals surface area contributed by atoms with Crippen LogP contribution >= 0.6 is 0 Å². The molecule has 0 amide bonds. The van der Waals surface area contributed by atoms with Crippen LogP contribution < -0.4 is 0 Å². The third-order valence-electron chi connectivity index (χ3n) is 6.60. The van der Waals surface area contributed by atoms with E-state index in [4.69, 9.17) is 0 Å². The molecule has 1 aliphatic carbocycles. The molecule has 1 saturated carbocycles. The maximum atomic E-state index is 13.8. The molecule has 222 valence electrons. The van der Waals surface area contributed by atoms with E-state index in [0.717, 1.165) is 20.8 Å².